The Morgan fingerprint density at radius 2 is 1.85 bits per heavy atom. The molecule has 13 heteroatoms. The first-order valence-corrected chi connectivity index (χ1v) is 14.1. The molecule has 3 aromatic carbocycles. The summed E-state index contributed by atoms with van der Waals surface area (Å²) in [4.78, 5) is 16.9. The van der Waals surface area contributed by atoms with Crippen molar-refractivity contribution in [2.24, 2.45) is 5.73 Å². The minimum Gasteiger partial charge on any atom is -0.384 e. The molecule has 0 fully saturated rings. The van der Waals surface area contributed by atoms with Gasteiger partial charge in [0.1, 0.15) is 10.8 Å². The zero-order valence-electron chi connectivity index (χ0n) is 20.5. The van der Waals surface area contributed by atoms with Crippen molar-refractivity contribution < 1.29 is 13.2 Å². The maximum atomic E-state index is 13.6. The van der Waals surface area contributed by atoms with Gasteiger partial charge in [-0.05, 0) is 47.9 Å². The standard InChI is InChI=1S/C26H24N8O3S2/c27-24(28)18-7-3-5-16(11-18)13-21(26-31-20-9-1-2-10-23(20)38-26)33-39(36,37)19-8-4-6-17(12-19)14-29-25(35)22-15-30-34-32-22/h1-12,15,21,33H,13-14H2,(H3,27,28)(H,29,35)(H,30,32,34)/t21-/m0/s1. The summed E-state index contributed by atoms with van der Waals surface area (Å²) in [6.07, 6.45) is 1.67. The normalized spacial score (nSPS) is 12.3. The van der Waals surface area contributed by atoms with Gasteiger partial charge in [0.25, 0.3) is 5.91 Å². The van der Waals surface area contributed by atoms with Crippen molar-refractivity contribution in [1.82, 2.24) is 30.4 Å². The number of H-pyrrole nitrogens is 1. The lowest BCUT2D eigenvalue weighted by atomic mass is 10.0. The fraction of sp³-hybridized carbons (Fsp3) is 0.115. The second kappa shape index (κ2) is 11.1. The monoisotopic (exact) mass is 560 g/mol. The molecule has 198 valence electrons. The van der Waals surface area contributed by atoms with Gasteiger partial charge in [0.05, 0.1) is 27.4 Å². The largest absolute Gasteiger partial charge is 0.384 e. The number of nitrogens with one attached hydrogen (secondary N) is 4. The van der Waals surface area contributed by atoms with Crippen LogP contribution in [0.25, 0.3) is 10.2 Å². The van der Waals surface area contributed by atoms with Crippen LogP contribution in [0.1, 0.15) is 38.2 Å². The summed E-state index contributed by atoms with van der Waals surface area (Å²) in [7, 11) is -3.99. The number of sulfonamides is 1. The first-order valence-electron chi connectivity index (χ1n) is 11.8. The molecule has 0 spiro atoms. The fourth-order valence-corrected chi connectivity index (χ4v) is 6.35. The number of benzene rings is 3. The van der Waals surface area contributed by atoms with Gasteiger partial charge in [-0.2, -0.15) is 0 Å². The third-order valence-corrected chi connectivity index (χ3v) is 8.51. The molecule has 0 unspecified atom stereocenters. The van der Waals surface area contributed by atoms with Crippen LogP contribution in [0.4, 0.5) is 0 Å². The average molecular weight is 561 g/mol. The van der Waals surface area contributed by atoms with E-state index < -0.39 is 22.0 Å². The predicted octanol–water partition coefficient (Wildman–Crippen LogP) is 2.89. The summed E-state index contributed by atoms with van der Waals surface area (Å²) in [5, 5.41) is 20.7. The molecule has 0 saturated carbocycles. The molecule has 0 radical (unpaired) electrons. The number of carbonyl (C=O) groups excluding carboxylic acids is 1. The first kappa shape index (κ1) is 26.2. The van der Waals surface area contributed by atoms with Crippen molar-refractivity contribution in [3.05, 3.63) is 106 Å². The van der Waals surface area contributed by atoms with Gasteiger partial charge in [0, 0.05) is 12.1 Å². The number of rotatable bonds is 10. The van der Waals surface area contributed by atoms with E-state index in [2.05, 4.69) is 25.4 Å². The number of thiazole rings is 1. The van der Waals surface area contributed by atoms with Gasteiger partial charge in [-0.1, -0.05) is 47.7 Å². The number of nitrogens with zero attached hydrogens (tertiary/aromatic N) is 3. The molecule has 0 aliphatic rings. The third-order valence-electron chi connectivity index (χ3n) is 5.89. The van der Waals surface area contributed by atoms with Crippen molar-refractivity contribution in [3.63, 3.8) is 0 Å². The number of fused-ring (bicyclic) bond motifs is 1. The minimum atomic E-state index is -3.99. The Hall–Kier alpha value is -4.46. The zero-order chi connectivity index (χ0) is 27.4. The second-order valence-corrected chi connectivity index (χ2v) is 11.5. The summed E-state index contributed by atoms with van der Waals surface area (Å²) < 4.78 is 30.9. The van der Waals surface area contributed by atoms with Crippen molar-refractivity contribution in [1.29, 1.82) is 5.41 Å². The number of para-hydroxylation sites is 1. The molecule has 2 aromatic heterocycles. The van der Waals surface area contributed by atoms with Crippen LogP contribution < -0.4 is 15.8 Å². The fourth-order valence-electron chi connectivity index (χ4n) is 3.98. The van der Waals surface area contributed by atoms with Crippen LogP contribution in [-0.2, 0) is 23.0 Å². The van der Waals surface area contributed by atoms with Crippen LogP contribution in [0.15, 0.2) is 83.9 Å². The highest BCUT2D eigenvalue weighted by Crippen LogP contribution is 2.30. The lowest BCUT2D eigenvalue weighted by Gasteiger charge is -2.18. The van der Waals surface area contributed by atoms with Gasteiger partial charge in [0.2, 0.25) is 10.0 Å². The number of nitrogen functional groups attached to an aromatic ring is 1. The van der Waals surface area contributed by atoms with E-state index in [9.17, 15) is 13.2 Å². The van der Waals surface area contributed by atoms with Crippen LogP contribution in [0.2, 0.25) is 0 Å². The molecule has 0 saturated heterocycles. The lowest BCUT2D eigenvalue weighted by molar-refractivity contribution is 0.0946. The molecule has 11 nitrogen and oxygen atoms in total. The Kier molecular flexibility index (Phi) is 7.45. The molecule has 6 N–H and O–H groups in total. The van der Waals surface area contributed by atoms with Gasteiger partial charge < -0.3 is 11.1 Å². The molecule has 2 heterocycles. The Morgan fingerprint density at radius 3 is 2.62 bits per heavy atom. The van der Waals surface area contributed by atoms with Crippen molar-refractivity contribution in [2.75, 3.05) is 0 Å². The van der Waals surface area contributed by atoms with E-state index >= 15 is 0 Å². The highest BCUT2D eigenvalue weighted by Gasteiger charge is 2.25. The quantitative estimate of drug-likeness (QED) is 0.129. The van der Waals surface area contributed by atoms with E-state index in [0.29, 0.717) is 22.6 Å². The molecular weight excluding hydrogens is 536 g/mol. The van der Waals surface area contributed by atoms with Crippen molar-refractivity contribution in [3.8, 4) is 0 Å². The highest BCUT2D eigenvalue weighted by molar-refractivity contribution is 7.89. The summed E-state index contributed by atoms with van der Waals surface area (Å²) in [6, 6.07) is 20.4. The van der Waals surface area contributed by atoms with Gasteiger partial charge in [-0.15, -0.1) is 16.4 Å². The summed E-state index contributed by atoms with van der Waals surface area (Å²) in [5.74, 6) is -0.500. The Morgan fingerprint density at radius 1 is 1.05 bits per heavy atom. The Balaban J connectivity index is 1.41. The van der Waals surface area contributed by atoms with Crippen LogP contribution in [-0.4, -0.2) is 40.6 Å². The van der Waals surface area contributed by atoms with E-state index in [1.54, 1.807) is 30.3 Å². The van der Waals surface area contributed by atoms with E-state index in [1.807, 2.05) is 30.3 Å². The number of carbonyl (C=O) groups is 1. The smallest absolute Gasteiger partial charge is 0.273 e. The zero-order valence-corrected chi connectivity index (χ0v) is 22.1. The summed E-state index contributed by atoms with van der Waals surface area (Å²) >= 11 is 1.42. The predicted molar refractivity (Wildman–Crippen MR) is 148 cm³/mol. The molecule has 5 rings (SSSR count). The Labute approximate surface area is 228 Å². The number of hydrogen-bond acceptors (Lipinski definition) is 8. The molecule has 5 aromatic rings. The molecule has 0 bridgehead atoms. The first-order chi connectivity index (χ1) is 18.8. The number of nitrogens with two attached hydrogens (primary N) is 1. The van der Waals surface area contributed by atoms with Crippen LogP contribution in [0.5, 0.6) is 0 Å². The van der Waals surface area contributed by atoms with Crippen LogP contribution in [0.3, 0.4) is 0 Å². The number of aromatic amines is 1. The van der Waals surface area contributed by atoms with E-state index in [4.69, 9.17) is 16.1 Å². The van der Waals surface area contributed by atoms with E-state index in [-0.39, 0.29) is 23.0 Å². The average Bonchev–Trinajstić information content (AvgIpc) is 3.62. The maximum Gasteiger partial charge on any atom is 0.273 e. The Bertz CT molecular complexity index is 1720. The summed E-state index contributed by atoms with van der Waals surface area (Å²) in [5.41, 5.74) is 8.54. The van der Waals surface area contributed by atoms with Gasteiger partial charge in [-0.3, -0.25) is 15.3 Å². The molecule has 39 heavy (non-hydrogen) atoms. The number of aromatic nitrogens is 4. The maximum absolute atomic E-state index is 13.6. The van der Waals surface area contributed by atoms with Gasteiger partial charge >= 0.3 is 0 Å². The molecule has 1 amide bonds. The van der Waals surface area contributed by atoms with Crippen LogP contribution >= 0.6 is 11.3 Å². The van der Waals surface area contributed by atoms with E-state index in [0.717, 1.165) is 15.8 Å². The van der Waals surface area contributed by atoms with Gasteiger partial charge in [0.15, 0.2) is 5.69 Å². The van der Waals surface area contributed by atoms with Gasteiger partial charge in [-0.25, -0.2) is 18.1 Å². The summed E-state index contributed by atoms with van der Waals surface area (Å²) in [6.45, 7) is 0.105. The highest BCUT2D eigenvalue weighted by atomic mass is 32.2. The topological polar surface area (TPSA) is 180 Å². The van der Waals surface area contributed by atoms with Crippen molar-refractivity contribution >= 4 is 43.3 Å². The SMILES string of the molecule is N=C(N)c1cccc(C[C@H](NS(=O)(=O)c2cccc(CNC(=O)c3c[nH]nn3)c2)c2nc3ccccc3s2)c1. The lowest BCUT2D eigenvalue weighted by Crippen LogP contribution is -2.30. The second-order valence-electron chi connectivity index (χ2n) is 8.70. The molecule has 0 aliphatic heterocycles. The number of amidine groups is 1. The number of amides is 1. The molecule has 0 aliphatic carbocycles. The van der Waals surface area contributed by atoms with Crippen molar-refractivity contribution in [2.45, 2.75) is 23.9 Å². The molecular formula is C26H24N8O3S2. The van der Waals surface area contributed by atoms with E-state index in [1.165, 1.54) is 29.7 Å². The number of hydrogen-bond donors (Lipinski definition) is 5. The molecule has 1 atom stereocenters. The minimum absolute atomic E-state index is 0.0549. The van der Waals surface area contributed by atoms with Crippen LogP contribution in [0, 0.1) is 5.41 Å². The third kappa shape index (κ3) is 6.17.